The van der Waals surface area contributed by atoms with Gasteiger partial charge in [-0.05, 0) is 30.5 Å². The van der Waals surface area contributed by atoms with E-state index in [1.54, 1.807) is 0 Å². The molecule has 0 bridgehead atoms. The molecule has 1 aromatic heterocycles. The van der Waals surface area contributed by atoms with Gasteiger partial charge in [0, 0.05) is 12.7 Å². The van der Waals surface area contributed by atoms with Crippen LogP contribution in [0.15, 0.2) is 18.2 Å². The van der Waals surface area contributed by atoms with Crippen molar-refractivity contribution in [2.45, 2.75) is 52.9 Å². The first kappa shape index (κ1) is 28.5. The molecule has 1 heterocycles. The van der Waals surface area contributed by atoms with Crippen LogP contribution in [0.2, 0.25) is 5.02 Å². The van der Waals surface area contributed by atoms with Gasteiger partial charge in [-0.25, -0.2) is 0 Å². The summed E-state index contributed by atoms with van der Waals surface area (Å²) in [5.41, 5.74) is -0.691. The lowest BCUT2D eigenvalue weighted by atomic mass is 9.84. The molecule has 12 heteroatoms. The summed E-state index contributed by atoms with van der Waals surface area (Å²) in [6.07, 6.45) is -4.09. The van der Waals surface area contributed by atoms with E-state index < -0.39 is 24.6 Å². The molecule has 0 aliphatic rings. The van der Waals surface area contributed by atoms with Crippen molar-refractivity contribution in [3.63, 3.8) is 0 Å². The van der Waals surface area contributed by atoms with Gasteiger partial charge in [0.1, 0.15) is 5.75 Å². The maximum atomic E-state index is 13.2. The molecule has 0 fully saturated rings. The fourth-order valence-electron chi connectivity index (χ4n) is 2.99. The predicted octanol–water partition coefficient (Wildman–Crippen LogP) is 5.56. The molecule has 0 aliphatic carbocycles. The quantitative estimate of drug-likeness (QED) is 0.423. The molecule has 0 amide bonds. The van der Waals surface area contributed by atoms with E-state index in [9.17, 15) is 22.0 Å². The van der Waals surface area contributed by atoms with Crippen molar-refractivity contribution in [2.75, 3.05) is 13.7 Å². The number of nitrogens with zero attached hydrogens (tertiary/aromatic N) is 2. The van der Waals surface area contributed by atoms with Crippen LogP contribution < -0.4 is 4.74 Å². The van der Waals surface area contributed by atoms with Crippen LogP contribution in [0.4, 0.5) is 22.0 Å². The Kier molecular flexibility index (Phi) is 10.5. The normalized spacial score (nSPS) is 11.7. The summed E-state index contributed by atoms with van der Waals surface area (Å²) in [6, 6.07) is 4.09. The zero-order chi connectivity index (χ0) is 25.4. The average molecular weight is 499 g/mol. The maximum absolute atomic E-state index is 13.2. The van der Waals surface area contributed by atoms with Crippen molar-refractivity contribution >= 4 is 17.8 Å². The van der Waals surface area contributed by atoms with Crippen molar-refractivity contribution in [1.82, 2.24) is 9.78 Å². The predicted molar refractivity (Wildman–Crippen MR) is 109 cm³/mol. The Morgan fingerprint density at radius 1 is 1.21 bits per heavy atom. The van der Waals surface area contributed by atoms with Gasteiger partial charge in [-0.15, -0.1) is 0 Å². The van der Waals surface area contributed by atoms with Crippen LogP contribution in [0.25, 0.3) is 11.3 Å². The van der Waals surface area contributed by atoms with Crippen molar-refractivity contribution in [3.8, 4) is 17.0 Å². The van der Waals surface area contributed by atoms with Gasteiger partial charge in [-0.2, -0.15) is 36.6 Å². The van der Waals surface area contributed by atoms with Crippen molar-refractivity contribution in [1.29, 1.82) is 0 Å². The summed E-state index contributed by atoms with van der Waals surface area (Å²) in [5.74, 6) is -0.261. The van der Waals surface area contributed by atoms with E-state index in [1.165, 1.54) is 30.0 Å². The molecule has 0 saturated heterocycles. The highest BCUT2D eigenvalue weighted by Gasteiger charge is 2.47. The Morgan fingerprint density at radius 2 is 1.82 bits per heavy atom. The molecule has 6 nitrogen and oxygen atoms in total. The molecule has 2 rings (SSSR count). The number of ether oxygens (including phenoxy) is 2. The number of methoxy groups -OCH3 is 1. The summed E-state index contributed by atoms with van der Waals surface area (Å²) in [4.78, 5) is 16.2. The first-order valence-electron chi connectivity index (χ1n) is 9.71. The van der Waals surface area contributed by atoms with Crippen molar-refractivity contribution in [2.24, 2.45) is 5.41 Å². The van der Waals surface area contributed by atoms with Crippen LogP contribution in [0.5, 0.6) is 5.75 Å². The topological polar surface area (TPSA) is 70.4 Å². The van der Waals surface area contributed by atoms with E-state index in [0.29, 0.717) is 31.0 Å². The van der Waals surface area contributed by atoms with Gasteiger partial charge in [0.2, 0.25) is 0 Å². The minimum Gasteiger partial charge on any atom is -0.434 e. The van der Waals surface area contributed by atoms with E-state index in [4.69, 9.17) is 25.9 Å². The summed E-state index contributed by atoms with van der Waals surface area (Å²) in [7, 11) is 1.51. The molecule has 184 valence electrons. The zero-order valence-corrected chi connectivity index (χ0v) is 19.2. The minimum atomic E-state index is -4.45. The smallest absolute Gasteiger partial charge is 0.394 e. The van der Waals surface area contributed by atoms with Gasteiger partial charge in [0.05, 0.1) is 35.0 Å². The maximum Gasteiger partial charge on any atom is 0.394 e. The third kappa shape index (κ3) is 7.52. The number of benzene rings is 1. The van der Waals surface area contributed by atoms with Crippen LogP contribution in [-0.4, -0.2) is 42.4 Å². The summed E-state index contributed by atoms with van der Waals surface area (Å²) < 4.78 is 77.1. The molecule has 2 aromatic rings. The highest BCUT2D eigenvalue weighted by atomic mass is 35.5. The van der Waals surface area contributed by atoms with E-state index in [1.807, 2.05) is 6.92 Å². The monoisotopic (exact) mass is 498 g/mol. The van der Waals surface area contributed by atoms with E-state index >= 15 is 0 Å². The lowest BCUT2D eigenvalue weighted by Crippen LogP contribution is -2.34. The number of halogens is 6. The fraction of sp³-hybridized carbons (Fsp3) is 0.524. The number of hydrogen-bond donors (Lipinski definition) is 0. The number of alkyl halides is 5. The van der Waals surface area contributed by atoms with Crippen LogP contribution in [0.1, 0.15) is 32.0 Å². The molecule has 0 spiro atoms. The fourth-order valence-corrected chi connectivity index (χ4v) is 3.36. The largest absolute Gasteiger partial charge is 0.434 e. The second-order valence-electron chi connectivity index (χ2n) is 7.53. The van der Waals surface area contributed by atoms with Gasteiger partial charge < -0.3 is 9.47 Å². The molecular formula is C21H24ClF5N2O4. The SMILES string of the molecule is CCc1nn(CCOC)c(-c2ccc(CC(C)(C)C(F)(F)F)cc2OC(F)F)c1Cl.O=C=O. The molecule has 0 radical (unpaired) electrons. The molecule has 0 atom stereocenters. The molecule has 0 N–H and O–H groups in total. The summed E-state index contributed by atoms with van der Waals surface area (Å²) in [6.45, 7) is 1.41. The van der Waals surface area contributed by atoms with Crippen LogP contribution in [0.3, 0.4) is 0 Å². The standard InChI is InChI=1S/C20H24ClF5N2O2.CO2/c1-5-14-16(21)17(28(27-14)8-9-29-4)13-7-6-12(10-15(13)30-18(22)23)11-19(2,3)20(24,25)26;2-1-3/h6-7,10,18H,5,8-9,11H2,1-4H3;. The molecule has 0 saturated carbocycles. The Hall–Kier alpha value is -2.49. The molecule has 0 unspecified atom stereocenters. The van der Waals surface area contributed by atoms with Gasteiger partial charge >= 0.3 is 18.9 Å². The van der Waals surface area contributed by atoms with E-state index in [-0.39, 0.29) is 28.1 Å². The third-order valence-corrected chi connectivity index (χ3v) is 5.13. The summed E-state index contributed by atoms with van der Waals surface area (Å²) >= 11 is 6.44. The van der Waals surface area contributed by atoms with Gasteiger partial charge in [0.15, 0.2) is 0 Å². The first-order valence-corrected chi connectivity index (χ1v) is 10.1. The van der Waals surface area contributed by atoms with Crippen LogP contribution in [0, 0.1) is 5.41 Å². The van der Waals surface area contributed by atoms with Crippen molar-refractivity contribution in [3.05, 3.63) is 34.5 Å². The molecule has 0 aliphatic heterocycles. The number of rotatable bonds is 9. The number of hydrogen-bond acceptors (Lipinski definition) is 5. The van der Waals surface area contributed by atoms with Crippen LogP contribution in [-0.2, 0) is 33.7 Å². The van der Waals surface area contributed by atoms with Crippen LogP contribution >= 0.6 is 11.6 Å². The molecule has 33 heavy (non-hydrogen) atoms. The third-order valence-electron chi connectivity index (χ3n) is 4.73. The zero-order valence-electron chi connectivity index (χ0n) is 18.4. The van der Waals surface area contributed by atoms with Gasteiger partial charge in [-0.3, -0.25) is 4.68 Å². The summed E-state index contributed by atoms with van der Waals surface area (Å²) in [5, 5.41) is 4.66. The highest BCUT2D eigenvalue weighted by Crippen LogP contribution is 2.43. The van der Waals surface area contributed by atoms with Gasteiger partial charge in [0.25, 0.3) is 0 Å². The Labute approximate surface area is 192 Å². The Morgan fingerprint density at radius 3 is 2.30 bits per heavy atom. The average Bonchev–Trinajstić information content (AvgIpc) is 3.01. The van der Waals surface area contributed by atoms with E-state index in [0.717, 1.165) is 13.8 Å². The number of carbonyl (C=O) groups excluding carboxylic acids is 2. The minimum absolute atomic E-state index is 0.214. The second kappa shape index (κ2) is 12.1. The second-order valence-corrected chi connectivity index (χ2v) is 7.91. The van der Waals surface area contributed by atoms with Gasteiger partial charge in [-0.1, -0.05) is 38.4 Å². The lowest BCUT2D eigenvalue weighted by Gasteiger charge is -2.28. The Bertz CT molecular complexity index is 955. The lowest BCUT2D eigenvalue weighted by molar-refractivity contribution is -0.211. The molecular weight excluding hydrogens is 475 g/mol. The first-order chi connectivity index (χ1) is 15.3. The number of aromatic nitrogens is 2. The van der Waals surface area contributed by atoms with E-state index in [2.05, 4.69) is 9.84 Å². The molecule has 1 aromatic carbocycles. The van der Waals surface area contributed by atoms with Crippen molar-refractivity contribution < 1.29 is 41.0 Å². The Balaban J connectivity index is 0.00000172. The number of aryl methyl sites for hydroxylation is 1. The highest BCUT2D eigenvalue weighted by molar-refractivity contribution is 6.33.